The molecule has 3 aromatic heterocycles. The number of aromatic nitrogens is 3. The molecular formula is C65H81N3O3. The number of hydrogen-bond acceptors (Lipinski definition) is 3. The van der Waals surface area contributed by atoms with Crippen molar-refractivity contribution in [3.05, 3.63) is 177 Å². The van der Waals surface area contributed by atoms with Crippen molar-refractivity contribution in [1.82, 2.24) is 14.1 Å². The lowest BCUT2D eigenvalue weighted by atomic mass is 9.90. The van der Waals surface area contributed by atoms with Crippen LogP contribution in [0.1, 0.15) is 182 Å². The summed E-state index contributed by atoms with van der Waals surface area (Å²) in [5.41, 5.74) is 19.0. The van der Waals surface area contributed by atoms with Crippen LogP contribution < -0.4 is 0 Å². The summed E-state index contributed by atoms with van der Waals surface area (Å²) in [5.74, 6) is 1.54. The van der Waals surface area contributed by atoms with E-state index in [1.165, 1.54) is 94.3 Å². The van der Waals surface area contributed by atoms with Crippen molar-refractivity contribution in [1.29, 1.82) is 0 Å². The fourth-order valence-electron chi connectivity index (χ4n) is 12.2. The zero-order chi connectivity index (χ0) is 50.2. The quantitative estimate of drug-likeness (QED) is 0.149. The van der Waals surface area contributed by atoms with E-state index in [2.05, 4.69) is 212 Å². The zero-order valence-corrected chi connectivity index (χ0v) is 45.1. The summed E-state index contributed by atoms with van der Waals surface area (Å²) in [6.07, 6.45) is 6.01. The van der Waals surface area contributed by atoms with Crippen LogP contribution in [0.15, 0.2) is 115 Å². The first-order valence-corrected chi connectivity index (χ1v) is 27.1. The number of ether oxygens (including phenoxy) is 3. The molecule has 0 radical (unpaired) electrons. The van der Waals surface area contributed by atoms with Crippen molar-refractivity contribution in [3.8, 4) is 0 Å². The second-order valence-electron chi connectivity index (χ2n) is 22.0. The number of nitrogens with zero attached hydrogens (tertiary/aromatic N) is 2. The summed E-state index contributed by atoms with van der Waals surface area (Å²) in [4.78, 5) is 3.68. The molecule has 0 amide bonds. The van der Waals surface area contributed by atoms with E-state index < -0.39 is 0 Å². The van der Waals surface area contributed by atoms with E-state index in [1.54, 1.807) is 0 Å². The average molecular weight is 952 g/mol. The van der Waals surface area contributed by atoms with Gasteiger partial charge in [0, 0.05) is 34.8 Å². The summed E-state index contributed by atoms with van der Waals surface area (Å²) >= 11 is 0. The fourth-order valence-corrected chi connectivity index (χ4v) is 12.2. The number of benzene rings is 5. The highest BCUT2D eigenvalue weighted by Crippen LogP contribution is 2.46. The van der Waals surface area contributed by atoms with Gasteiger partial charge in [-0.1, -0.05) is 178 Å². The minimum atomic E-state index is -0.213. The number of nitrogens with one attached hydrogen (secondary N) is 1. The molecule has 0 fully saturated rings. The van der Waals surface area contributed by atoms with Crippen LogP contribution in [0.4, 0.5) is 0 Å². The second-order valence-corrected chi connectivity index (χ2v) is 22.0. The Balaban J connectivity index is 0.000000134. The molecule has 3 aliphatic rings. The largest absolute Gasteiger partial charge is 0.369 e. The first-order chi connectivity index (χ1) is 34.2. The SMILES string of the molecule is CCC1(C)OCCc2c1[nH]c1c(C(C)C)cccc21.CCC1(C)OCCc2c1n(Cc1ccccc1)c1c(C(C)C)cccc21.CCC1(C)OCCc2c1n(Cc1ccccc1)c1c(C(C)C)cccc21. The summed E-state index contributed by atoms with van der Waals surface area (Å²) in [7, 11) is 0. The van der Waals surface area contributed by atoms with Crippen molar-refractivity contribution in [2.24, 2.45) is 0 Å². The maximum absolute atomic E-state index is 6.33. The van der Waals surface area contributed by atoms with Crippen LogP contribution in [0.25, 0.3) is 32.7 Å². The van der Waals surface area contributed by atoms with Gasteiger partial charge in [-0.15, -0.1) is 0 Å². The van der Waals surface area contributed by atoms with Crippen LogP contribution in [0.2, 0.25) is 0 Å². The lowest BCUT2D eigenvalue weighted by molar-refractivity contribution is -0.0541. The van der Waals surface area contributed by atoms with E-state index in [0.717, 1.165) is 71.4 Å². The van der Waals surface area contributed by atoms with Crippen LogP contribution in [0, 0.1) is 0 Å². The molecule has 0 bridgehead atoms. The third-order valence-electron chi connectivity index (χ3n) is 16.5. The standard InChI is InChI=1S/2C24H29NO.C17H23NO/c2*1-5-24(4)23-21(14-15-26-24)20-13-9-12-19(17(2)3)22(20)25(23)16-18-10-7-6-8-11-18;1-5-17(4)16-14(9-10-19-17)13-8-6-7-12(11(2)3)15(13)18-16/h2*6-13,17H,5,14-16H2,1-4H3;6-8,11,18H,5,9-10H2,1-4H3. The van der Waals surface area contributed by atoms with Gasteiger partial charge in [-0.25, -0.2) is 0 Å². The van der Waals surface area contributed by atoms with Gasteiger partial charge in [0.1, 0.15) is 16.8 Å². The molecule has 0 spiro atoms. The number of fused-ring (bicyclic) bond motifs is 9. The van der Waals surface area contributed by atoms with Gasteiger partial charge in [0.2, 0.25) is 0 Å². The Labute approximate surface area is 425 Å². The average Bonchev–Trinajstić information content (AvgIpc) is 4.05. The van der Waals surface area contributed by atoms with Gasteiger partial charge in [-0.2, -0.15) is 0 Å². The first-order valence-electron chi connectivity index (χ1n) is 27.1. The first kappa shape index (κ1) is 50.5. The molecule has 3 unspecified atom stereocenters. The van der Waals surface area contributed by atoms with Gasteiger partial charge in [-0.05, 0) is 122 Å². The highest BCUT2D eigenvalue weighted by atomic mass is 16.5. The Morgan fingerprint density at radius 1 is 0.451 bits per heavy atom. The Kier molecular flexibility index (Phi) is 14.7. The van der Waals surface area contributed by atoms with Crippen molar-refractivity contribution in [2.75, 3.05) is 19.8 Å². The van der Waals surface area contributed by atoms with Gasteiger partial charge >= 0.3 is 0 Å². The van der Waals surface area contributed by atoms with E-state index in [0.29, 0.717) is 17.8 Å². The third kappa shape index (κ3) is 9.34. The molecule has 0 aliphatic carbocycles. The van der Waals surface area contributed by atoms with Gasteiger partial charge in [-0.3, -0.25) is 0 Å². The molecule has 11 rings (SSSR count). The van der Waals surface area contributed by atoms with Crippen LogP contribution in [-0.4, -0.2) is 33.9 Å². The summed E-state index contributed by atoms with van der Waals surface area (Å²) in [6, 6.07) is 41.9. The Morgan fingerprint density at radius 2 is 0.831 bits per heavy atom. The van der Waals surface area contributed by atoms with E-state index in [-0.39, 0.29) is 16.8 Å². The van der Waals surface area contributed by atoms with E-state index in [1.807, 2.05) is 0 Å². The van der Waals surface area contributed by atoms with Crippen molar-refractivity contribution >= 4 is 32.7 Å². The van der Waals surface area contributed by atoms with Crippen molar-refractivity contribution in [2.45, 2.75) is 169 Å². The predicted octanol–water partition coefficient (Wildman–Crippen LogP) is 16.5. The van der Waals surface area contributed by atoms with Crippen LogP contribution in [-0.2, 0) is 63.4 Å². The predicted molar refractivity (Wildman–Crippen MR) is 297 cm³/mol. The van der Waals surface area contributed by atoms with Crippen LogP contribution >= 0.6 is 0 Å². The lowest BCUT2D eigenvalue weighted by Crippen LogP contribution is -2.34. The Bertz CT molecular complexity index is 2960. The van der Waals surface area contributed by atoms with E-state index in [4.69, 9.17) is 14.2 Å². The molecule has 374 valence electrons. The topological polar surface area (TPSA) is 53.3 Å². The molecule has 5 aromatic carbocycles. The summed E-state index contributed by atoms with van der Waals surface area (Å²) in [5, 5.41) is 4.24. The van der Waals surface area contributed by atoms with Crippen molar-refractivity contribution < 1.29 is 14.2 Å². The van der Waals surface area contributed by atoms with Gasteiger partial charge in [0.05, 0.1) is 47.9 Å². The molecule has 3 aliphatic heterocycles. The van der Waals surface area contributed by atoms with Crippen molar-refractivity contribution in [3.63, 3.8) is 0 Å². The maximum Gasteiger partial charge on any atom is 0.105 e. The Hall–Kier alpha value is -5.40. The number of rotatable bonds is 10. The van der Waals surface area contributed by atoms with Crippen LogP contribution in [0.3, 0.4) is 0 Å². The van der Waals surface area contributed by atoms with Crippen LogP contribution in [0.5, 0.6) is 0 Å². The molecule has 8 aromatic rings. The minimum Gasteiger partial charge on any atom is -0.369 e. The van der Waals surface area contributed by atoms with Gasteiger partial charge < -0.3 is 28.3 Å². The molecule has 6 heterocycles. The molecule has 6 nitrogen and oxygen atoms in total. The molecule has 6 heteroatoms. The molecule has 71 heavy (non-hydrogen) atoms. The summed E-state index contributed by atoms with van der Waals surface area (Å²) < 4.78 is 23.8. The fraction of sp³-hybridized carbons (Fsp3) is 0.446. The maximum atomic E-state index is 6.33. The summed E-state index contributed by atoms with van der Waals surface area (Å²) in [6.45, 7) is 31.3. The Morgan fingerprint density at radius 3 is 1.24 bits per heavy atom. The molecular weight excluding hydrogens is 871 g/mol. The molecule has 0 saturated carbocycles. The monoisotopic (exact) mass is 952 g/mol. The second kappa shape index (κ2) is 20.6. The zero-order valence-electron chi connectivity index (χ0n) is 45.1. The third-order valence-corrected chi connectivity index (χ3v) is 16.5. The normalized spacial score (nSPS) is 20.7. The van der Waals surface area contributed by atoms with E-state index in [9.17, 15) is 0 Å². The van der Waals surface area contributed by atoms with Gasteiger partial charge in [0.25, 0.3) is 0 Å². The highest BCUT2D eigenvalue weighted by molar-refractivity contribution is 5.91. The highest BCUT2D eigenvalue weighted by Gasteiger charge is 2.39. The lowest BCUT2D eigenvalue weighted by Gasteiger charge is -2.35. The molecule has 3 atom stereocenters. The number of hydrogen-bond donors (Lipinski definition) is 1. The van der Waals surface area contributed by atoms with E-state index >= 15 is 0 Å². The molecule has 0 saturated heterocycles. The smallest absolute Gasteiger partial charge is 0.105 e. The number of aromatic amines is 1. The molecule has 1 N–H and O–H groups in total. The van der Waals surface area contributed by atoms with Gasteiger partial charge in [0.15, 0.2) is 0 Å². The number of para-hydroxylation sites is 3. The minimum absolute atomic E-state index is 0.152. The number of H-pyrrole nitrogens is 1.